The summed E-state index contributed by atoms with van der Waals surface area (Å²) >= 11 is 0. The van der Waals surface area contributed by atoms with Crippen LogP contribution >= 0.6 is 0 Å². The highest BCUT2D eigenvalue weighted by Crippen LogP contribution is 2.44. The first-order valence-electron chi connectivity index (χ1n) is 9.97. The molecule has 6 nitrogen and oxygen atoms in total. The summed E-state index contributed by atoms with van der Waals surface area (Å²) < 4.78 is 19.1. The number of halogens is 1. The first-order chi connectivity index (χ1) is 15.0. The number of nitrogens with zero attached hydrogens (tertiary/aromatic N) is 1. The van der Waals surface area contributed by atoms with Gasteiger partial charge < -0.3 is 15.2 Å². The molecule has 1 heterocycles. The molecule has 1 atom stereocenters. The zero-order chi connectivity index (χ0) is 21.8. The second-order valence-corrected chi connectivity index (χ2v) is 7.37. The van der Waals surface area contributed by atoms with Gasteiger partial charge in [-0.3, -0.25) is 4.98 Å². The Labute approximate surface area is 178 Å². The van der Waals surface area contributed by atoms with Gasteiger partial charge in [0.05, 0.1) is 6.20 Å². The van der Waals surface area contributed by atoms with Gasteiger partial charge >= 0.3 is 12.1 Å². The molecule has 7 heteroatoms. The number of carbonyl (C=O) groups excluding carboxylic acids is 1. The molecule has 1 aliphatic rings. The maximum Gasteiger partial charge on any atom is 0.407 e. The number of pyridine rings is 1. The zero-order valence-electron chi connectivity index (χ0n) is 16.6. The summed E-state index contributed by atoms with van der Waals surface area (Å²) in [7, 11) is 0. The fourth-order valence-electron chi connectivity index (χ4n) is 3.95. The molecule has 1 aromatic heterocycles. The molecule has 0 fully saturated rings. The summed E-state index contributed by atoms with van der Waals surface area (Å²) in [5.41, 5.74) is 4.69. The van der Waals surface area contributed by atoms with E-state index in [4.69, 9.17) is 4.74 Å². The van der Waals surface area contributed by atoms with Gasteiger partial charge in [0.1, 0.15) is 18.5 Å². The van der Waals surface area contributed by atoms with Gasteiger partial charge in [0, 0.05) is 12.1 Å². The first-order valence-corrected chi connectivity index (χ1v) is 9.97. The number of aromatic nitrogens is 1. The summed E-state index contributed by atoms with van der Waals surface area (Å²) in [4.78, 5) is 27.6. The largest absolute Gasteiger partial charge is 0.480 e. The number of amides is 1. The quantitative estimate of drug-likeness (QED) is 0.600. The molecule has 0 bridgehead atoms. The fourth-order valence-corrected chi connectivity index (χ4v) is 3.95. The molecule has 0 aliphatic heterocycles. The lowest BCUT2D eigenvalue weighted by Gasteiger charge is -2.17. The monoisotopic (exact) mass is 420 g/mol. The van der Waals surface area contributed by atoms with E-state index >= 15 is 0 Å². The van der Waals surface area contributed by atoms with Crippen LogP contribution in [0.1, 0.15) is 29.0 Å². The number of hydrogen-bond acceptors (Lipinski definition) is 4. The Morgan fingerprint density at radius 1 is 1.06 bits per heavy atom. The molecule has 3 aromatic rings. The predicted octanol–water partition coefficient (Wildman–Crippen LogP) is 4.15. The number of aryl methyl sites for hydroxylation is 1. The van der Waals surface area contributed by atoms with Gasteiger partial charge in [0.25, 0.3) is 0 Å². The van der Waals surface area contributed by atoms with Crippen molar-refractivity contribution in [2.45, 2.75) is 24.8 Å². The SMILES string of the molecule is O=C(N[C@@H](CCc1ccncc1F)C(=O)O)OCC1c2ccccc2-c2ccccc21. The third-order valence-corrected chi connectivity index (χ3v) is 5.49. The second-order valence-electron chi connectivity index (χ2n) is 7.37. The van der Waals surface area contributed by atoms with Crippen LogP contribution in [0, 0.1) is 5.82 Å². The molecule has 2 N–H and O–H groups in total. The lowest BCUT2D eigenvalue weighted by atomic mass is 9.98. The Balaban J connectivity index is 1.39. The van der Waals surface area contributed by atoms with E-state index in [1.165, 1.54) is 12.3 Å². The third kappa shape index (κ3) is 4.40. The highest BCUT2D eigenvalue weighted by molar-refractivity contribution is 5.81. The lowest BCUT2D eigenvalue weighted by molar-refractivity contribution is -0.139. The summed E-state index contributed by atoms with van der Waals surface area (Å²) in [6.07, 6.45) is 1.87. The maximum absolute atomic E-state index is 13.7. The number of ether oxygens (including phenoxy) is 1. The summed E-state index contributed by atoms with van der Waals surface area (Å²) in [6, 6.07) is 16.2. The van der Waals surface area contributed by atoms with Crippen molar-refractivity contribution >= 4 is 12.1 Å². The summed E-state index contributed by atoms with van der Waals surface area (Å²) in [5.74, 6) is -1.83. The van der Waals surface area contributed by atoms with Crippen LogP contribution < -0.4 is 5.32 Å². The normalized spacial score (nSPS) is 13.2. The molecule has 0 spiro atoms. The van der Waals surface area contributed by atoms with Crippen molar-refractivity contribution in [3.8, 4) is 11.1 Å². The molecule has 1 aliphatic carbocycles. The van der Waals surface area contributed by atoms with Crippen LogP contribution in [0.3, 0.4) is 0 Å². The molecular formula is C24H21FN2O4. The van der Waals surface area contributed by atoms with Crippen LogP contribution in [0.4, 0.5) is 9.18 Å². The fraction of sp³-hybridized carbons (Fsp3) is 0.208. The Bertz CT molecular complexity index is 1070. The Hall–Kier alpha value is -3.74. The van der Waals surface area contributed by atoms with Gasteiger partial charge in [0.2, 0.25) is 0 Å². The third-order valence-electron chi connectivity index (χ3n) is 5.49. The molecule has 0 unspecified atom stereocenters. The van der Waals surface area contributed by atoms with Crippen molar-refractivity contribution in [2.24, 2.45) is 0 Å². The Morgan fingerprint density at radius 3 is 2.32 bits per heavy atom. The molecule has 158 valence electrons. The minimum absolute atomic E-state index is 0.0282. The van der Waals surface area contributed by atoms with Crippen LogP contribution in [-0.2, 0) is 16.0 Å². The van der Waals surface area contributed by atoms with Crippen molar-refractivity contribution in [2.75, 3.05) is 6.61 Å². The number of benzene rings is 2. The number of carbonyl (C=O) groups is 2. The average Bonchev–Trinajstić information content (AvgIpc) is 3.10. The van der Waals surface area contributed by atoms with Gasteiger partial charge in [-0.1, -0.05) is 48.5 Å². The van der Waals surface area contributed by atoms with Crippen molar-refractivity contribution in [1.82, 2.24) is 10.3 Å². The number of carboxylic acid groups (broad SMARTS) is 1. The zero-order valence-corrected chi connectivity index (χ0v) is 16.6. The number of carboxylic acids is 1. The Morgan fingerprint density at radius 2 is 1.71 bits per heavy atom. The van der Waals surface area contributed by atoms with Gasteiger partial charge in [0.15, 0.2) is 0 Å². The van der Waals surface area contributed by atoms with Crippen molar-refractivity contribution in [1.29, 1.82) is 0 Å². The highest BCUT2D eigenvalue weighted by atomic mass is 19.1. The van der Waals surface area contributed by atoms with Crippen molar-refractivity contribution in [3.05, 3.63) is 89.5 Å². The van der Waals surface area contributed by atoms with Crippen LogP contribution in [0.5, 0.6) is 0 Å². The van der Waals surface area contributed by atoms with Gasteiger partial charge in [-0.05, 0) is 46.7 Å². The van der Waals surface area contributed by atoms with Crippen LogP contribution in [-0.4, -0.2) is 34.8 Å². The summed E-state index contributed by atoms with van der Waals surface area (Å²) in [5, 5.41) is 11.8. The van der Waals surface area contributed by atoms with Gasteiger partial charge in [-0.2, -0.15) is 0 Å². The lowest BCUT2D eigenvalue weighted by Crippen LogP contribution is -2.41. The highest BCUT2D eigenvalue weighted by Gasteiger charge is 2.29. The summed E-state index contributed by atoms with van der Waals surface area (Å²) in [6.45, 7) is 0.0885. The number of fused-ring (bicyclic) bond motifs is 3. The second kappa shape index (κ2) is 8.95. The molecule has 0 radical (unpaired) electrons. The van der Waals surface area contributed by atoms with E-state index in [1.54, 1.807) is 0 Å². The topological polar surface area (TPSA) is 88.5 Å². The number of nitrogens with one attached hydrogen (secondary N) is 1. The molecule has 0 saturated heterocycles. The molecule has 0 saturated carbocycles. The number of alkyl carbamates (subject to hydrolysis) is 1. The molecule has 1 amide bonds. The number of hydrogen-bond donors (Lipinski definition) is 2. The van der Waals surface area contributed by atoms with Crippen LogP contribution in [0.25, 0.3) is 11.1 Å². The molecule has 31 heavy (non-hydrogen) atoms. The molecular weight excluding hydrogens is 399 g/mol. The average molecular weight is 420 g/mol. The van der Waals surface area contributed by atoms with Crippen molar-refractivity contribution < 1.29 is 23.8 Å². The first kappa shape index (κ1) is 20.5. The van der Waals surface area contributed by atoms with E-state index in [9.17, 15) is 19.1 Å². The number of aliphatic carboxylic acids is 1. The predicted molar refractivity (Wildman–Crippen MR) is 112 cm³/mol. The molecule has 2 aromatic carbocycles. The van der Waals surface area contributed by atoms with E-state index in [0.717, 1.165) is 28.5 Å². The standard InChI is InChI=1S/C24H21FN2O4/c25-21-13-26-12-11-15(21)9-10-22(23(28)29)27-24(30)31-14-20-18-7-3-1-5-16(18)17-6-2-4-8-19(17)20/h1-8,11-13,20,22H,9-10,14H2,(H,27,30)(H,28,29)/t22-/m0/s1. The van der Waals surface area contributed by atoms with E-state index in [2.05, 4.69) is 10.3 Å². The number of rotatable bonds is 7. The van der Waals surface area contributed by atoms with Crippen molar-refractivity contribution in [3.63, 3.8) is 0 Å². The van der Waals surface area contributed by atoms with Crippen LogP contribution in [0.2, 0.25) is 0 Å². The van der Waals surface area contributed by atoms with E-state index < -0.39 is 23.9 Å². The maximum atomic E-state index is 13.7. The minimum atomic E-state index is -1.21. The van der Waals surface area contributed by atoms with E-state index in [0.29, 0.717) is 5.56 Å². The van der Waals surface area contributed by atoms with E-state index in [-0.39, 0.29) is 25.4 Å². The van der Waals surface area contributed by atoms with Crippen LogP contribution in [0.15, 0.2) is 67.0 Å². The van der Waals surface area contributed by atoms with Gasteiger partial charge in [-0.25, -0.2) is 14.0 Å². The smallest absolute Gasteiger partial charge is 0.407 e. The molecule has 4 rings (SSSR count). The minimum Gasteiger partial charge on any atom is -0.480 e. The van der Waals surface area contributed by atoms with Gasteiger partial charge in [-0.15, -0.1) is 0 Å². The van der Waals surface area contributed by atoms with E-state index in [1.807, 2.05) is 48.5 Å². The Kier molecular flexibility index (Phi) is 5.93.